The summed E-state index contributed by atoms with van der Waals surface area (Å²) < 4.78 is 0. The fourth-order valence-electron chi connectivity index (χ4n) is 2.43. The predicted octanol–water partition coefficient (Wildman–Crippen LogP) is 4.36. The van der Waals surface area contributed by atoms with Gasteiger partial charge in [-0.25, -0.2) is 0 Å². The van der Waals surface area contributed by atoms with Gasteiger partial charge in [-0.1, -0.05) is 35.4 Å². The zero-order valence-corrected chi connectivity index (χ0v) is 13.8. The van der Waals surface area contributed by atoms with Gasteiger partial charge in [-0.2, -0.15) is 0 Å². The standard InChI is InChI=1S/C17H17ClN2O3/c1-10-4-5-11(2)14(8-10)12(3)19-17(21)15-9-13(18)6-7-16(15)20(22)23/h4-9,12H,1-3H3,(H,19,21). The third kappa shape index (κ3) is 3.87. The molecule has 0 aliphatic heterocycles. The van der Waals surface area contributed by atoms with Gasteiger partial charge in [-0.3, -0.25) is 14.9 Å². The highest BCUT2D eigenvalue weighted by molar-refractivity contribution is 6.31. The molecule has 0 fully saturated rings. The molecule has 2 aromatic carbocycles. The summed E-state index contributed by atoms with van der Waals surface area (Å²) in [4.78, 5) is 22.9. The Morgan fingerprint density at radius 3 is 2.57 bits per heavy atom. The number of nitrogens with zero attached hydrogens (tertiary/aromatic N) is 1. The molecular formula is C17H17ClN2O3. The number of halogens is 1. The van der Waals surface area contributed by atoms with Crippen molar-refractivity contribution in [2.45, 2.75) is 26.8 Å². The van der Waals surface area contributed by atoms with Gasteiger partial charge >= 0.3 is 0 Å². The number of carbonyl (C=O) groups is 1. The summed E-state index contributed by atoms with van der Waals surface area (Å²) in [5.41, 5.74) is 2.80. The molecule has 0 aromatic heterocycles. The third-order valence-corrected chi connectivity index (χ3v) is 3.88. The summed E-state index contributed by atoms with van der Waals surface area (Å²) in [5.74, 6) is -0.521. The van der Waals surface area contributed by atoms with E-state index in [0.29, 0.717) is 0 Å². The van der Waals surface area contributed by atoms with Crippen molar-refractivity contribution in [3.8, 4) is 0 Å². The molecule has 0 spiro atoms. The lowest BCUT2D eigenvalue weighted by atomic mass is 9.99. The highest BCUT2D eigenvalue weighted by Gasteiger charge is 2.22. The Hall–Kier alpha value is -2.40. The quantitative estimate of drug-likeness (QED) is 0.668. The maximum atomic E-state index is 12.4. The average Bonchev–Trinajstić information content (AvgIpc) is 2.49. The molecule has 0 heterocycles. The Morgan fingerprint density at radius 2 is 1.91 bits per heavy atom. The van der Waals surface area contributed by atoms with Crippen LogP contribution in [0.5, 0.6) is 0 Å². The van der Waals surface area contributed by atoms with E-state index in [0.717, 1.165) is 16.7 Å². The minimum Gasteiger partial charge on any atom is -0.345 e. The Labute approximate surface area is 139 Å². The minimum absolute atomic E-state index is 0.0420. The van der Waals surface area contributed by atoms with Crippen molar-refractivity contribution >= 4 is 23.2 Å². The van der Waals surface area contributed by atoms with Crippen LogP contribution in [0.15, 0.2) is 36.4 Å². The number of hydrogen-bond acceptors (Lipinski definition) is 3. The molecule has 5 nitrogen and oxygen atoms in total. The van der Waals surface area contributed by atoms with Crippen LogP contribution in [0, 0.1) is 24.0 Å². The van der Waals surface area contributed by atoms with Crippen molar-refractivity contribution in [3.63, 3.8) is 0 Å². The van der Waals surface area contributed by atoms with E-state index in [-0.39, 0.29) is 22.3 Å². The van der Waals surface area contributed by atoms with Crippen LogP contribution in [0.25, 0.3) is 0 Å². The Morgan fingerprint density at radius 1 is 1.22 bits per heavy atom. The average molecular weight is 333 g/mol. The van der Waals surface area contributed by atoms with Gasteiger partial charge in [0.2, 0.25) is 0 Å². The lowest BCUT2D eigenvalue weighted by molar-refractivity contribution is -0.385. The number of nitrogens with one attached hydrogen (secondary N) is 1. The molecule has 0 bridgehead atoms. The van der Waals surface area contributed by atoms with E-state index < -0.39 is 10.8 Å². The number of nitro benzene ring substituents is 1. The molecule has 23 heavy (non-hydrogen) atoms. The fraction of sp³-hybridized carbons (Fsp3) is 0.235. The van der Waals surface area contributed by atoms with Crippen molar-refractivity contribution in [1.29, 1.82) is 0 Å². The second-order valence-electron chi connectivity index (χ2n) is 5.47. The van der Waals surface area contributed by atoms with Crippen LogP contribution < -0.4 is 5.32 Å². The van der Waals surface area contributed by atoms with E-state index in [1.807, 2.05) is 39.0 Å². The first kappa shape index (κ1) is 17.0. The van der Waals surface area contributed by atoms with Gasteiger partial charge in [0.25, 0.3) is 11.6 Å². The van der Waals surface area contributed by atoms with Gasteiger partial charge in [-0.15, -0.1) is 0 Å². The first-order chi connectivity index (χ1) is 10.8. The maximum absolute atomic E-state index is 12.4. The second kappa shape index (κ2) is 6.79. The van der Waals surface area contributed by atoms with Crippen molar-refractivity contribution < 1.29 is 9.72 Å². The number of aryl methyl sites for hydroxylation is 2. The lowest BCUT2D eigenvalue weighted by Gasteiger charge is -2.17. The van der Waals surface area contributed by atoms with Crippen LogP contribution >= 0.6 is 11.6 Å². The molecule has 2 rings (SSSR count). The first-order valence-electron chi connectivity index (χ1n) is 7.11. The normalized spacial score (nSPS) is 11.8. The number of amides is 1. The van der Waals surface area contributed by atoms with E-state index in [2.05, 4.69) is 5.32 Å². The first-order valence-corrected chi connectivity index (χ1v) is 7.49. The van der Waals surface area contributed by atoms with Gasteiger partial charge < -0.3 is 5.32 Å². The third-order valence-electron chi connectivity index (χ3n) is 3.65. The minimum atomic E-state index is -0.589. The molecule has 0 aliphatic carbocycles. The highest BCUT2D eigenvalue weighted by Crippen LogP contribution is 2.24. The van der Waals surface area contributed by atoms with Crippen LogP contribution in [-0.4, -0.2) is 10.8 Å². The summed E-state index contributed by atoms with van der Waals surface area (Å²) in [6.45, 7) is 5.77. The van der Waals surface area contributed by atoms with Crippen molar-refractivity contribution in [3.05, 3.63) is 73.8 Å². The molecule has 1 unspecified atom stereocenters. The van der Waals surface area contributed by atoms with Crippen LogP contribution in [0.1, 0.15) is 40.0 Å². The van der Waals surface area contributed by atoms with Gasteiger partial charge in [0.1, 0.15) is 5.56 Å². The molecule has 1 N–H and O–H groups in total. The lowest BCUT2D eigenvalue weighted by Crippen LogP contribution is -2.27. The smallest absolute Gasteiger partial charge is 0.282 e. The van der Waals surface area contributed by atoms with Gasteiger partial charge in [-0.05, 0) is 44.0 Å². The molecule has 0 radical (unpaired) electrons. The van der Waals surface area contributed by atoms with Crippen molar-refractivity contribution in [2.24, 2.45) is 0 Å². The molecule has 0 saturated carbocycles. The zero-order chi connectivity index (χ0) is 17.1. The Bertz CT molecular complexity index is 774. The number of carbonyl (C=O) groups excluding carboxylic acids is 1. The number of rotatable bonds is 4. The summed E-state index contributed by atoms with van der Waals surface area (Å²) in [5, 5.41) is 14.2. The fourth-order valence-corrected chi connectivity index (χ4v) is 2.60. The maximum Gasteiger partial charge on any atom is 0.282 e. The van der Waals surface area contributed by atoms with Gasteiger partial charge in [0.05, 0.1) is 11.0 Å². The summed E-state index contributed by atoms with van der Waals surface area (Å²) in [6, 6.07) is 9.63. The monoisotopic (exact) mass is 332 g/mol. The summed E-state index contributed by atoms with van der Waals surface area (Å²) >= 11 is 5.86. The number of hydrogen-bond donors (Lipinski definition) is 1. The van der Waals surface area contributed by atoms with E-state index >= 15 is 0 Å². The number of benzene rings is 2. The van der Waals surface area contributed by atoms with Gasteiger partial charge in [0.15, 0.2) is 0 Å². The molecule has 0 aliphatic rings. The number of nitro groups is 1. The van der Waals surface area contributed by atoms with Crippen molar-refractivity contribution in [1.82, 2.24) is 5.32 Å². The zero-order valence-electron chi connectivity index (χ0n) is 13.1. The summed E-state index contributed by atoms with van der Waals surface area (Å²) in [6.07, 6.45) is 0. The molecule has 1 amide bonds. The molecule has 120 valence electrons. The molecule has 0 saturated heterocycles. The van der Waals surface area contributed by atoms with Crippen LogP contribution in [0.4, 0.5) is 5.69 Å². The van der Waals surface area contributed by atoms with E-state index in [4.69, 9.17) is 11.6 Å². The Balaban J connectivity index is 2.30. The molecule has 1 atom stereocenters. The molecule has 6 heteroatoms. The largest absolute Gasteiger partial charge is 0.345 e. The predicted molar refractivity (Wildman–Crippen MR) is 89.9 cm³/mol. The van der Waals surface area contributed by atoms with Crippen LogP contribution in [0.3, 0.4) is 0 Å². The van der Waals surface area contributed by atoms with E-state index in [9.17, 15) is 14.9 Å². The van der Waals surface area contributed by atoms with E-state index in [1.165, 1.54) is 18.2 Å². The summed E-state index contributed by atoms with van der Waals surface area (Å²) in [7, 11) is 0. The topological polar surface area (TPSA) is 72.2 Å². The molecular weight excluding hydrogens is 316 g/mol. The van der Waals surface area contributed by atoms with Gasteiger partial charge in [0, 0.05) is 11.1 Å². The van der Waals surface area contributed by atoms with Crippen LogP contribution in [0.2, 0.25) is 5.02 Å². The SMILES string of the molecule is Cc1ccc(C)c(C(C)NC(=O)c2cc(Cl)ccc2[N+](=O)[O-])c1. The Kier molecular flexibility index (Phi) is 5.01. The van der Waals surface area contributed by atoms with Crippen molar-refractivity contribution in [2.75, 3.05) is 0 Å². The van der Waals surface area contributed by atoms with E-state index in [1.54, 1.807) is 0 Å². The molecule has 2 aromatic rings. The highest BCUT2D eigenvalue weighted by atomic mass is 35.5. The second-order valence-corrected chi connectivity index (χ2v) is 5.91. The van der Waals surface area contributed by atoms with Crippen LogP contribution in [-0.2, 0) is 0 Å².